The molecule has 18 heavy (non-hydrogen) atoms. The number of amides is 1. The van der Waals surface area contributed by atoms with Gasteiger partial charge in [0.25, 0.3) is 5.91 Å². The van der Waals surface area contributed by atoms with Crippen LogP contribution in [0.4, 0.5) is 0 Å². The van der Waals surface area contributed by atoms with Gasteiger partial charge in [0, 0.05) is 19.8 Å². The second-order valence-electron chi connectivity index (χ2n) is 5.12. The van der Waals surface area contributed by atoms with E-state index in [9.17, 15) is 9.90 Å². The highest BCUT2D eigenvalue weighted by Crippen LogP contribution is 2.28. The van der Waals surface area contributed by atoms with Crippen molar-refractivity contribution in [2.45, 2.75) is 19.8 Å². The van der Waals surface area contributed by atoms with Crippen LogP contribution < -0.4 is 5.32 Å². The number of benzene rings is 1. The molecule has 1 aromatic carbocycles. The number of phenols is 1. The zero-order valence-electron chi connectivity index (χ0n) is 10.6. The van der Waals surface area contributed by atoms with Crippen LogP contribution in [0.25, 0.3) is 0 Å². The maximum atomic E-state index is 11.9. The third kappa shape index (κ3) is 3.01. The predicted octanol–water partition coefficient (Wildman–Crippen LogP) is 1.94. The minimum Gasteiger partial charge on any atom is -0.507 e. The van der Waals surface area contributed by atoms with Crippen molar-refractivity contribution in [3.63, 3.8) is 0 Å². The first-order chi connectivity index (χ1) is 8.61. The maximum Gasteiger partial charge on any atom is 0.255 e. The third-order valence-electron chi connectivity index (χ3n) is 3.52. The van der Waals surface area contributed by atoms with Gasteiger partial charge in [-0.25, -0.2) is 0 Å². The Morgan fingerprint density at radius 3 is 2.72 bits per heavy atom. The fourth-order valence-electron chi connectivity index (χ4n) is 2.10. The fraction of sp³-hybridized carbons (Fsp3) is 0.500. The molecule has 1 aliphatic heterocycles. The van der Waals surface area contributed by atoms with Gasteiger partial charge in [0.1, 0.15) is 5.75 Å². The quantitative estimate of drug-likeness (QED) is 0.860. The molecule has 0 radical (unpaired) electrons. The lowest BCUT2D eigenvalue weighted by atomic mass is 9.82. The molecule has 1 fully saturated rings. The lowest BCUT2D eigenvalue weighted by molar-refractivity contribution is 0.0238. The van der Waals surface area contributed by atoms with E-state index in [1.807, 2.05) is 0 Å². The van der Waals surface area contributed by atoms with Gasteiger partial charge in [-0.15, -0.1) is 0 Å². The van der Waals surface area contributed by atoms with E-state index >= 15 is 0 Å². The largest absolute Gasteiger partial charge is 0.507 e. The molecular formula is C14H19NO3. The summed E-state index contributed by atoms with van der Waals surface area (Å²) in [7, 11) is 0. The highest BCUT2D eigenvalue weighted by Gasteiger charge is 2.28. The molecule has 0 aromatic heterocycles. The monoisotopic (exact) mass is 249 g/mol. The summed E-state index contributed by atoms with van der Waals surface area (Å²) >= 11 is 0. The van der Waals surface area contributed by atoms with E-state index in [-0.39, 0.29) is 17.1 Å². The molecule has 0 spiro atoms. The summed E-state index contributed by atoms with van der Waals surface area (Å²) < 4.78 is 5.32. The van der Waals surface area contributed by atoms with Gasteiger partial charge in [0.2, 0.25) is 0 Å². The molecule has 0 bridgehead atoms. The first-order valence-electron chi connectivity index (χ1n) is 6.25. The van der Waals surface area contributed by atoms with E-state index in [1.165, 1.54) is 6.07 Å². The molecule has 1 aromatic rings. The topological polar surface area (TPSA) is 58.6 Å². The number of phenolic OH excluding ortho intramolecular Hbond substituents is 1. The summed E-state index contributed by atoms with van der Waals surface area (Å²) in [6.45, 7) is 4.27. The van der Waals surface area contributed by atoms with Gasteiger partial charge in [-0.1, -0.05) is 19.1 Å². The molecule has 1 aliphatic rings. The Morgan fingerprint density at radius 1 is 1.39 bits per heavy atom. The Bertz CT molecular complexity index is 425. The van der Waals surface area contributed by atoms with Crippen molar-refractivity contribution in [1.29, 1.82) is 0 Å². The number of para-hydroxylation sites is 1. The van der Waals surface area contributed by atoms with Crippen molar-refractivity contribution in [3.8, 4) is 5.75 Å². The number of aromatic hydroxyl groups is 1. The Kier molecular flexibility index (Phi) is 3.87. The molecule has 0 unspecified atom stereocenters. The third-order valence-corrected chi connectivity index (χ3v) is 3.52. The number of hydrogen-bond acceptors (Lipinski definition) is 3. The lowest BCUT2D eigenvalue weighted by Gasteiger charge is -2.33. The predicted molar refractivity (Wildman–Crippen MR) is 68.6 cm³/mol. The summed E-state index contributed by atoms with van der Waals surface area (Å²) in [5, 5.41) is 12.5. The number of carbonyl (C=O) groups is 1. The van der Waals surface area contributed by atoms with Gasteiger partial charge in [0.15, 0.2) is 0 Å². The number of ether oxygens (including phenoxy) is 1. The number of hydrogen-bond donors (Lipinski definition) is 2. The SMILES string of the molecule is CC1(CNC(=O)c2ccccc2O)CCOCC1. The molecule has 4 heteroatoms. The highest BCUT2D eigenvalue weighted by atomic mass is 16.5. The zero-order chi connectivity index (χ0) is 13.0. The Morgan fingerprint density at radius 2 is 2.06 bits per heavy atom. The molecule has 1 saturated heterocycles. The molecule has 0 atom stereocenters. The zero-order valence-corrected chi connectivity index (χ0v) is 10.6. The Hall–Kier alpha value is -1.55. The van der Waals surface area contributed by atoms with Gasteiger partial charge in [-0.2, -0.15) is 0 Å². The fourth-order valence-corrected chi connectivity index (χ4v) is 2.10. The second-order valence-corrected chi connectivity index (χ2v) is 5.12. The lowest BCUT2D eigenvalue weighted by Crippen LogP contribution is -2.39. The summed E-state index contributed by atoms with van der Waals surface area (Å²) in [5.41, 5.74) is 0.423. The number of nitrogens with one attached hydrogen (secondary N) is 1. The van der Waals surface area contributed by atoms with Gasteiger partial charge < -0.3 is 15.2 Å². The molecule has 0 aliphatic carbocycles. The van der Waals surface area contributed by atoms with Gasteiger partial charge in [0.05, 0.1) is 5.56 Å². The van der Waals surface area contributed by atoms with Crippen molar-refractivity contribution in [2.75, 3.05) is 19.8 Å². The summed E-state index contributed by atoms with van der Waals surface area (Å²) in [6.07, 6.45) is 1.90. The maximum absolute atomic E-state index is 11.9. The Balaban J connectivity index is 1.94. The molecule has 4 nitrogen and oxygen atoms in total. The molecule has 1 heterocycles. The first kappa shape index (κ1) is 12.9. The average Bonchev–Trinajstić information content (AvgIpc) is 2.38. The van der Waals surface area contributed by atoms with Crippen molar-refractivity contribution in [3.05, 3.63) is 29.8 Å². The smallest absolute Gasteiger partial charge is 0.255 e. The molecular weight excluding hydrogens is 230 g/mol. The van der Waals surface area contributed by atoms with Crippen LogP contribution in [0.3, 0.4) is 0 Å². The van der Waals surface area contributed by atoms with E-state index < -0.39 is 0 Å². The van der Waals surface area contributed by atoms with E-state index in [1.54, 1.807) is 18.2 Å². The van der Waals surface area contributed by atoms with Crippen LogP contribution in [0.15, 0.2) is 24.3 Å². The average molecular weight is 249 g/mol. The summed E-state index contributed by atoms with van der Waals surface area (Å²) in [6, 6.07) is 6.58. The Labute approximate surface area is 107 Å². The first-order valence-corrected chi connectivity index (χ1v) is 6.25. The van der Waals surface area contributed by atoms with Crippen LogP contribution in [0.2, 0.25) is 0 Å². The van der Waals surface area contributed by atoms with Crippen LogP contribution in [0.1, 0.15) is 30.1 Å². The minimum atomic E-state index is -0.221. The molecule has 0 saturated carbocycles. The summed E-state index contributed by atoms with van der Waals surface area (Å²) in [4.78, 5) is 11.9. The van der Waals surface area contributed by atoms with E-state index in [4.69, 9.17) is 4.74 Å². The minimum absolute atomic E-state index is 0.0205. The number of rotatable bonds is 3. The normalized spacial score (nSPS) is 18.3. The van der Waals surface area contributed by atoms with Crippen LogP contribution in [0.5, 0.6) is 5.75 Å². The van der Waals surface area contributed by atoms with Gasteiger partial charge in [-0.3, -0.25) is 4.79 Å². The van der Waals surface area contributed by atoms with Crippen molar-refractivity contribution in [2.24, 2.45) is 5.41 Å². The van der Waals surface area contributed by atoms with Crippen LogP contribution in [-0.4, -0.2) is 30.8 Å². The van der Waals surface area contributed by atoms with Crippen LogP contribution in [0, 0.1) is 5.41 Å². The van der Waals surface area contributed by atoms with Gasteiger partial charge >= 0.3 is 0 Å². The molecule has 2 rings (SSSR count). The molecule has 2 N–H and O–H groups in total. The highest BCUT2D eigenvalue weighted by molar-refractivity contribution is 5.96. The van der Waals surface area contributed by atoms with Gasteiger partial charge in [-0.05, 0) is 30.4 Å². The van der Waals surface area contributed by atoms with E-state index in [0.29, 0.717) is 12.1 Å². The number of carbonyl (C=O) groups excluding carboxylic acids is 1. The van der Waals surface area contributed by atoms with Crippen molar-refractivity contribution < 1.29 is 14.6 Å². The molecule has 1 amide bonds. The van der Waals surface area contributed by atoms with Crippen molar-refractivity contribution >= 4 is 5.91 Å². The second kappa shape index (κ2) is 5.40. The van der Waals surface area contributed by atoms with E-state index in [2.05, 4.69) is 12.2 Å². The van der Waals surface area contributed by atoms with Crippen LogP contribution >= 0.6 is 0 Å². The van der Waals surface area contributed by atoms with E-state index in [0.717, 1.165) is 26.1 Å². The molecule has 98 valence electrons. The standard InChI is InChI=1S/C14H19NO3/c1-14(6-8-18-9-7-14)10-15-13(17)11-4-2-3-5-12(11)16/h2-5,16H,6-10H2,1H3,(H,15,17). The van der Waals surface area contributed by atoms with Crippen LogP contribution in [-0.2, 0) is 4.74 Å². The summed E-state index contributed by atoms with van der Waals surface area (Å²) in [5.74, 6) is -0.201. The van der Waals surface area contributed by atoms with Crippen molar-refractivity contribution in [1.82, 2.24) is 5.32 Å².